The number of aromatic hydroxyl groups is 2. The van der Waals surface area contributed by atoms with E-state index in [1.807, 2.05) is 0 Å². The Morgan fingerprint density at radius 2 is 1.70 bits per heavy atom. The van der Waals surface area contributed by atoms with Crippen LogP contribution in [0.4, 0.5) is 0 Å². The second-order valence-electron chi connectivity index (χ2n) is 1.80. The molecule has 4 heteroatoms. The van der Waals surface area contributed by atoms with E-state index in [0.29, 0.717) is 4.90 Å². The van der Waals surface area contributed by atoms with Crippen LogP contribution in [-0.2, 0) is 0 Å². The summed E-state index contributed by atoms with van der Waals surface area (Å²) in [7, 11) is 0. The molecule has 10 heavy (non-hydrogen) atoms. The topological polar surface area (TPSA) is 40.5 Å². The van der Waals surface area contributed by atoms with Crippen molar-refractivity contribution in [2.45, 2.75) is 9.79 Å². The molecule has 1 aromatic rings. The average molecular weight is 174 g/mol. The highest BCUT2D eigenvalue weighted by Crippen LogP contribution is 2.35. The van der Waals surface area contributed by atoms with Gasteiger partial charge in [-0.15, -0.1) is 25.3 Å². The first kappa shape index (κ1) is 7.63. The molecular weight excluding hydrogens is 168 g/mol. The average Bonchev–Trinajstić information content (AvgIpc) is 1.93. The summed E-state index contributed by atoms with van der Waals surface area (Å²) in [5, 5.41) is 18.0. The van der Waals surface area contributed by atoms with Crippen LogP contribution in [0.2, 0.25) is 0 Å². The van der Waals surface area contributed by atoms with Crippen LogP contribution in [0.15, 0.2) is 21.9 Å². The van der Waals surface area contributed by atoms with Crippen LogP contribution in [0.1, 0.15) is 0 Å². The summed E-state index contributed by atoms with van der Waals surface area (Å²) in [6.45, 7) is 0. The van der Waals surface area contributed by atoms with Crippen molar-refractivity contribution in [3.8, 4) is 11.5 Å². The van der Waals surface area contributed by atoms with Gasteiger partial charge in [-0.1, -0.05) is 0 Å². The monoisotopic (exact) mass is 174 g/mol. The summed E-state index contributed by atoms with van der Waals surface area (Å²) < 4.78 is 0. The van der Waals surface area contributed by atoms with Gasteiger partial charge >= 0.3 is 0 Å². The van der Waals surface area contributed by atoms with Crippen molar-refractivity contribution in [1.29, 1.82) is 0 Å². The zero-order valence-electron chi connectivity index (χ0n) is 4.94. The smallest absolute Gasteiger partial charge is 0.145 e. The van der Waals surface area contributed by atoms with E-state index >= 15 is 0 Å². The number of hydrogen-bond acceptors (Lipinski definition) is 4. The van der Waals surface area contributed by atoms with Gasteiger partial charge in [0.2, 0.25) is 0 Å². The number of rotatable bonds is 0. The highest BCUT2D eigenvalue weighted by Gasteiger charge is 2.04. The van der Waals surface area contributed by atoms with E-state index in [2.05, 4.69) is 25.3 Å². The van der Waals surface area contributed by atoms with E-state index in [9.17, 15) is 0 Å². The summed E-state index contributed by atoms with van der Waals surface area (Å²) in [6, 6.07) is 2.91. The molecule has 2 N–H and O–H groups in total. The standard InChI is InChI=1S/C6H6O2S2/c7-3-1-2-4(9)5(8)6(3)10/h1-2,7-10H. The van der Waals surface area contributed by atoms with Gasteiger partial charge in [0.25, 0.3) is 0 Å². The van der Waals surface area contributed by atoms with Crippen molar-refractivity contribution in [3.05, 3.63) is 12.1 Å². The minimum absolute atomic E-state index is 0.0429. The fourth-order valence-corrected chi connectivity index (χ4v) is 1.03. The predicted octanol–water partition coefficient (Wildman–Crippen LogP) is 1.68. The molecule has 0 atom stereocenters. The fourth-order valence-electron chi connectivity index (χ4n) is 0.558. The molecular formula is C6H6O2S2. The van der Waals surface area contributed by atoms with Crippen LogP contribution >= 0.6 is 25.3 Å². The number of thiol groups is 2. The first-order valence-electron chi connectivity index (χ1n) is 2.56. The molecule has 0 bridgehead atoms. The van der Waals surface area contributed by atoms with Gasteiger partial charge in [0, 0.05) is 4.90 Å². The Morgan fingerprint density at radius 1 is 1.10 bits per heavy atom. The third-order valence-corrected chi connectivity index (χ3v) is 1.91. The Kier molecular flexibility index (Phi) is 2.01. The number of hydrogen-bond donors (Lipinski definition) is 4. The van der Waals surface area contributed by atoms with Crippen molar-refractivity contribution >= 4 is 25.3 Å². The molecule has 0 amide bonds. The van der Waals surface area contributed by atoms with E-state index in [0.717, 1.165) is 0 Å². The second-order valence-corrected chi connectivity index (χ2v) is 2.73. The molecule has 0 unspecified atom stereocenters. The van der Waals surface area contributed by atoms with Crippen LogP contribution in [0, 0.1) is 0 Å². The van der Waals surface area contributed by atoms with Crippen molar-refractivity contribution < 1.29 is 10.2 Å². The molecule has 0 aliphatic carbocycles. The lowest BCUT2D eigenvalue weighted by Gasteiger charge is -2.01. The maximum Gasteiger partial charge on any atom is 0.145 e. The summed E-state index contributed by atoms with van der Waals surface area (Å²) in [4.78, 5) is 0.565. The minimum Gasteiger partial charge on any atom is -0.507 e. The molecule has 2 nitrogen and oxygen atoms in total. The Labute approximate surface area is 69.3 Å². The Morgan fingerprint density at radius 3 is 2.20 bits per heavy atom. The summed E-state index contributed by atoms with van der Waals surface area (Å²) in [6.07, 6.45) is 0. The lowest BCUT2D eigenvalue weighted by Crippen LogP contribution is -1.73. The van der Waals surface area contributed by atoms with E-state index in [1.54, 1.807) is 0 Å². The maximum absolute atomic E-state index is 9.07. The largest absolute Gasteiger partial charge is 0.507 e. The Balaban J connectivity index is 3.34. The highest BCUT2D eigenvalue weighted by atomic mass is 32.1. The molecule has 0 aliphatic heterocycles. The summed E-state index contributed by atoms with van der Waals surface area (Å²) in [5.41, 5.74) is 0. The quantitative estimate of drug-likeness (QED) is 0.452. The van der Waals surface area contributed by atoms with Gasteiger partial charge in [0.15, 0.2) is 0 Å². The molecule has 0 saturated carbocycles. The molecule has 1 rings (SSSR count). The first-order valence-corrected chi connectivity index (χ1v) is 3.45. The van der Waals surface area contributed by atoms with Gasteiger partial charge in [0.1, 0.15) is 11.5 Å². The molecule has 0 spiro atoms. The van der Waals surface area contributed by atoms with Crippen molar-refractivity contribution in [2.24, 2.45) is 0 Å². The van der Waals surface area contributed by atoms with Crippen LogP contribution < -0.4 is 0 Å². The van der Waals surface area contributed by atoms with Crippen molar-refractivity contribution in [1.82, 2.24) is 0 Å². The summed E-state index contributed by atoms with van der Waals surface area (Å²) in [5.74, 6) is -0.134. The molecule has 0 fully saturated rings. The zero-order valence-corrected chi connectivity index (χ0v) is 6.73. The SMILES string of the molecule is Oc1ccc(S)c(O)c1S. The van der Waals surface area contributed by atoms with Gasteiger partial charge in [-0.2, -0.15) is 0 Å². The van der Waals surface area contributed by atoms with Gasteiger partial charge in [-0.25, -0.2) is 0 Å². The highest BCUT2D eigenvalue weighted by molar-refractivity contribution is 7.81. The Hall–Kier alpha value is -0.480. The van der Waals surface area contributed by atoms with Crippen LogP contribution in [0.25, 0.3) is 0 Å². The van der Waals surface area contributed by atoms with Gasteiger partial charge in [-0.3, -0.25) is 0 Å². The van der Waals surface area contributed by atoms with E-state index < -0.39 is 0 Å². The molecule has 0 aromatic heterocycles. The zero-order chi connectivity index (χ0) is 7.72. The third kappa shape index (κ3) is 1.17. The number of phenolic OH excluding ortho intramolecular Hbond substituents is 2. The maximum atomic E-state index is 9.07. The fraction of sp³-hybridized carbons (Fsp3) is 0. The van der Waals surface area contributed by atoms with E-state index in [-0.39, 0.29) is 16.4 Å². The van der Waals surface area contributed by atoms with Crippen molar-refractivity contribution in [3.63, 3.8) is 0 Å². The number of benzene rings is 1. The Bertz CT molecular complexity index is 233. The van der Waals surface area contributed by atoms with Gasteiger partial charge in [0.05, 0.1) is 4.90 Å². The summed E-state index contributed by atoms with van der Waals surface area (Å²) >= 11 is 7.74. The lowest BCUT2D eigenvalue weighted by molar-refractivity contribution is 0.420. The third-order valence-electron chi connectivity index (χ3n) is 1.11. The van der Waals surface area contributed by atoms with E-state index in [1.165, 1.54) is 12.1 Å². The first-order chi connectivity index (χ1) is 4.63. The van der Waals surface area contributed by atoms with Crippen molar-refractivity contribution in [2.75, 3.05) is 0 Å². The molecule has 0 radical (unpaired) electrons. The van der Waals surface area contributed by atoms with Gasteiger partial charge < -0.3 is 10.2 Å². The van der Waals surface area contributed by atoms with Crippen LogP contribution in [0.3, 0.4) is 0 Å². The molecule has 0 heterocycles. The van der Waals surface area contributed by atoms with E-state index in [4.69, 9.17) is 10.2 Å². The molecule has 1 aromatic carbocycles. The second kappa shape index (κ2) is 2.64. The molecule has 54 valence electrons. The molecule has 0 aliphatic rings. The van der Waals surface area contributed by atoms with Gasteiger partial charge in [-0.05, 0) is 12.1 Å². The molecule has 0 saturated heterocycles. The lowest BCUT2D eigenvalue weighted by atomic mass is 10.3. The number of phenols is 2. The predicted molar refractivity (Wildman–Crippen MR) is 44.3 cm³/mol. The van der Waals surface area contributed by atoms with Crippen LogP contribution in [-0.4, -0.2) is 10.2 Å². The minimum atomic E-state index is -0.0910. The van der Waals surface area contributed by atoms with Crippen LogP contribution in [0.5, 0.6) is 11.5 Å². The normalized spacial score (nSPS) is 9.80.